The summed E-state index contributed by atoms with van der Waals surface area (Å²) < 4.78 is 0. The van der Waals surface area contributed by atoms with Crippen molar-refractivity contribution in [2.75, 3.05) is 5.32 Å². The summed E-state index contributed by atoms with van der Waals surface area (Å²) in [6.45, 7) is 2.71. The number of nitrogens with zero attached hydrogens (tertiary/aromatic N) is 2. The smallest absolute Gasteiger partial charge is 0.131 e. The SMILES string of the molecule is Cc1ccc2cc(CNc3cccc(Cl)n3)ccc2n1. The van der Waals surface area contributed by atoms with Crippen molar-refractivity contribution in [3.05, 3.63) is 64.9 Å². The van der Waals surface area contributed by atoms with Gasteiger partial charge in [-0.15, -0.1) is 0 Å². The Labute approximate surface area is 122 Å². The number of benzene rings is 1. The predicted molar refractivity (Wildman–Crippen MR) is 83.1 cm³/mol. The minimum absolute atomic E-state index is 0.494. The first-order chi connectivity index (χ1) is 9.70. The van der Waals surface area contributed by atoms with Crippen molar-refractivity contribution in [2.24, 2.45) is 0 Å². The molecule has 0 saturated heterocycles. The van der Waals surface area contributed by atoms with Gasteiger partial charge in [0, 0.05) is 17.6 Å². The van der Waals surface area contributed by atoms with E-state index in [0.717, 1.165) is 22.4 Å². The second-order valence-corrected chi connectivity index (χ2v) is 5.07. The first-order valence-corrected chi connectivity index (χ1v) is 6.81. The molecule has 3 nitrogen and oxygen atoms in total. The van der Waals surface area contributed by atoms with E-state index in [2.05, 4.69) is 33.5 Å². The van der Waals surface area contributed by atoms with Gasteiger partial charge < -0.3 is 5.32 Å². The van der Waals surface area contributed by atoms with Gasteiger partial charge in [-0.2, -0.15) is 0 Å². The highest BCUT2D eigenvalue weighted by molar-refractivity contribution is 6.29. The van der Waals surface area contributed by atoms with Crippen LogP contribution in [0.5, 0.6) is 0 Å². The van der Waals surface area contributed by atoms with Gasteiger partial charge in [-0.05, 0) is 42.8 Å². The van der Waals surface area contributed by atoms with E-state index in [9.17, 15) is 0 Å². The van der Waals surface area contributed by atoms with Crippen LogP contribution in [0, 0.1) is 6.92 Å². The highest BCUT2D eigenvalue weighted by Gasteiger charge is 2.00. The number of rotatable bonds is 3. The van der Waals surface area contributed by atoms with Gasteiger partial charge in [0.1, 0.15) is 11.0 Å². The molecule has 20 heavy (non-hydrogen) atoms. The molecule has 2 aromatic heterocycles. The zero-order valence-electron chi connectivity index (χ0n) is 11.1. The molecule has 2 heterocycles. The van der Waals surface area contributed by atoms with Crippen LogP contribution < -0.4 is 5.32 Å². The highest BCUT2D eigenvalue weighted by Crippen LogP contribution is 2.16. The van der Waals surface area contributed by atoms with Gasteiger partial charge in [-0.25, -0.2) is 4.98 Å². The molecule has 3 aromatic rings. The maximum Gasteiger partial charge on any atom is 0.131 e. The fraction of sp³-hybridized carbons (Fsp3) is 0.125. The average Bonchev–Trinajstić information content (AvgIpc) is 2.45. The number of fused-ring (bicyclic) bond motifs is 1. The predicted octanol–water partition coefficient (Wildman–Crippen LogP) is 4.20. The number of halogens is 1. The third kappa shape index (κ3) is 2.89. The Bertz CT molecular complexity index is 756. The molecule has 0 unspecified atom stereocenters. The van der Waals surface area contributed by atoms with Crippen LogP contribution in [0.15, 0.2) is 48.5 Å². The molecule has 0 bridgehead atoms. The molecule has 0 saturated carbocycles. The zero-order chi connectivity index (χ0) is 13.9. The summed E-state index contributed by atoms with van der Waals surface area (Å²) in [6, 6.07) is 15.9. The maximum absolute atomic E-state index is 5.86. The molecule has 100 valence electrons. The van der Waals surface area contributed by atoms with E-state index in [0.29, 0.717) is 11.7 Å². The first-order valence-electron chi connectivity index (χ1n) is 6.43. The molecule has 0 spiro atoms. The molecular formula is C16H14ClN3. The molecule has 1 aromatic carbocycles. The largest absolute Gasteiger partial charge is 0.366 e. The molecule has 0 aliphatic heterocycles. The van der Waals surface area contributed by atoms with Crippen LogP contribution in [-0.2, 0) is 6.54 Å². The number of aromatic nitrogens is 2. The van der Waals surface area contributed by atoms with E-state index in [4.69, 9.17) is 11.6 Å². The summed E-state index contributed by atoms with van der Waals surface area (Å²) in [7, 11) is 0. The number of hydrogen-bond donors (Lipinski definition) is 1. The molecule has 4 heteroatoms. The van der Waals surface area contributed by atoms with Gasteiger partial charge in [0.2, 0.25) is 0 Å². The lowest BCUT2D eigenvalue weighted by Gasteiger charge is -2.07. The number of hydrogen-bond acceptors (Lipinski definition) is 3. The van der Waals surface area contributed by atoms with Gasteiger partial charge in [-0.1, -0.05) is 29.8 Å². The van der Waals surface area contributed by atoms with E-state index in [-0.39, 0.29) is 0 Å². The van der Waals surface area contributed by atoms with Crippen molar-refractivity contribution >= 4 is 28.3 Å². The van der Waals surface area contributed by atoms with Crippen molar-refractivity contribution in [1.29, 1.82) is 0 Å². The minimum Gasteiger partial charge on any atom is -0.366 e. The summed E-state index contributed by atoms with van der Waals surface area (Å²) in [5.41, 5.74) is 3.24. The second-order valence-electron chi connectivity index (χ2n) is 4.68. The topological polar surface area (TPSA) is 37.8 Å². The second kappa shape index (κ2) is 5.47. The maximum atomic E-state index is 5.86. The van der Waals surface area contributed by atoms with E-state index in [1.165, 1.54) is 5.56 Å². The van der Waals surface area contributed by atoms with E-state index in [1.807, 2.05) is 31.2 Å². The van der Waals surface area contributed by atoms with Crippen molar-refractivity contribution in [3.63, 3.8) is 0 Å². The van der Waals surface area contributed by atoms with Crippen LogP contribution in [-0.4, -0.2) is 9.97 Å². The standard InChI is InChI=1S/C16H14ClN3/c1-11-5-7-13-9-12(6-8-14(13)19-11)10-18-16-4-2-3-15(17)20-16/h2-9H,10H2,1H3,(H,18,20). The van der Waals surface area contributed by atoms with Crippen LogP contribution in [0.3, 0.4) is 0 Å². The monoisotopic (exact) mass is 283 g/mol. The lowest BCUT2D eigenvalue weighted by Crippen LogP contribution is -2.01. The van der Waals surface area contributed by atoms with Gasteiger partial charge in [-0.3, -0.25) is 4.98 Å². The number of anilines is 1. The lowest BCUT2D eigenvalue weighted by atomic mass is 10.1. The van der Waals surface area contributed by atoms with Crippen molar-refractivity contribution in [1.82, 2.24) is 9.97 Å². The molecule has 0 fully saturated rings. The normalized spacial score (nSPS) is 10.7. The molecule has 0 aliphatic rings. The summed E-state index contributed by atoms with van der Waals surface area (Å²) in [4.78, 5) is 8.70. The molecule has 0 amide bonds. The van der Waals surface area contributed by atoms with E-state index < -0.39 is 0 Å². The zero-order valence-corrected chi connectivity index (χ0v) is 11.9. The molecule has 0 aliphatic carbocycles. The molecule has 1 N–H and O–H groups in total. The molecular weight excluding hydrogens is 270 g/mol. The van der Waals surface area contributed by atoms with Crippen molar-refractivity contribution in [2.45, 2.75) is 13.5 Å². The van der Waals surface area contributed by atoms with Crippen LogP contribution in [0.1, 0.15) is 11.3 Å². The summed E-state index contributed by atoms with van der Waals surface area (Å²) >= 11 is 5.86. The average molecular weight is 284 g/mol. The lowest BCUT2D eigenvalue weighted by molar-refractivity contribution is 1.11. The van der Waals surface area contributed by atoms with Gasteiger partial charge in [0.15, 0.2) is 0 Å². The fourth-order valence-corrected chi connectivity index (χ4v) is 2.25. The number of aryl methyl sites for hydroxylation is 1. The molecule has 0 atom stereocenters. The van der Waals surface area contributed by atoms with Crippen LogP contribution in [0.2, 0.25) is 5.15 Å². The fourth-order valence-electron chi connectivity index (χ4n) is 2.09. The number of nitrogens with one attached hydrogen (secondary N) is 1. The minimum atomic E-state index is 0.494. The Hall–Kier alpha value is -2.13. The van der Waals surface area contributed by atoms with Crippen LogP contribution >= 0.6 is 11.6 Å². The van der Waals surface area contributed by atoms with Crippen LogP contribution in [0.4, 0.5) is 5.82 Å². The Kier molecular flexibility index (Phi) is 3.52. The quantitative estimate of drug-likeness (QED) is 0.732. The van der Waals surface area contributed by atoms with Crippen molar-refractivity contribution in [3.8, 4) is 0 Å². The van der Waals surface area contributed by atoms with Crippen molar-refractivity contribution < 1.29 is 0 Å². The highest BCUT2D eigenvalue weighted by atomic mass is 35.5. The van der Waals surface area contributed by atoms with E-state index in [1.54, 1.807) is 6.07 Å². The van der Waals surface area contributed by atoms with Gasteiger partial charge in [0.05, 0.1) is 5.52 Å². The Morgan fingerprint density at radius 2 is 1.95 bits per heavy atom. The van der Waals surface area contributed by atoms with Gasteiger partial charge in [0.25, 0.3) is 0 Å². The first kappa shape index (κ1) is 12.9. The van der Waals surface area contributed by atoms with E-state index >= 15 is 0 Å². The summed E-state index contributed by atoms with van der Waals surface area (Å²) in [5, 5.41) is 4.90. The number of pyridine rings is 2. The Morgan fingerprint density at radius 1 is 1.05 bits per heavy atom. The third-order valence-corrected chi connectivity index (χ3v) is 3.29. The Morgan fingerprint density at radius 3 is 2.80 bits per heavy atom. The summed E-state index contributed by atoms with van der Waals surface area (Å²) in [6.07, 6.45) is 0. The molecule has 3 rings (SSSR count). The van der Waals surface area contributed by atoms with Gasteiger partial charge >= 0.3 is 0 Å². The van der Waals surface area contributed by atoms with Crippen LogP contribution in [0.25, 0.3) is 10.9 Å². The Balaban J connectivity index is 1.79. The summed E-state index contributed by atoms with van der Waals surface area (Å²) in [5.74, 6) is 0.777. The molecule has 0 radical (unpaired) electrons. The third-order valence-electron chi connectivity index (χ3n) is 3.08.